The van der Waals surface area contributed by atoms with Crippen LogP contribution in [0.15, 0.2) is 30.0 Å². The molecule has 0 amide bonds. The Balaban J connectivity index is 2.60. The first-order chi connectivity index (χ1) is 8.50. The first kappa shape index (κ1) is 13.7. The predicted molar refractivity (Wildman–Crippen MR) is 83.2 cm³/mol. The van der Waals surface area contributed by atoms with Crippen LogP contribution in [0.2, 0.25) is 0 Å². The number of rotatable bonds is 2. The van der Waals surface area contributed by atoms with Crippen LogP contribution in [0.3, 0.4) is 0 Å². The lowest BCUT2D eigenvalue weighted by Gasteiger charge is -2.15. The van der Waals surface area contributed by atoms with Crippen LogP contribution in [0.5, 0.6) is 5.75 Å². The molecule has 2 rings (SSSR count). The molecule has 1 aromatic carbocycles. The number of benzene rings is 1. The molecular formula is C12H8I2O4. The number of hydrogen-bond donors (Lipinski definition) is 2. The third kappa shape index (κ3) is 2.63. The third-order valence-electron chi connectivity index (χ3n) is 2.38. The third-order valence-corrected chi connectivity index (χ3v) is 4.02. The second-order valence-corrected chi connectivity index (χ2v) is 5.87. The molecule has 0 spiro atoms. The van der Waals surface area contributed by atoms with Crippen molar-refractivity contribution in [2.24, 2.45) is 0 Å². The molecule has 1 aliphatic heterocycles. The van der Waals surface area contributed by atoms with Crippen molar-refractivity contribution >= 4 is 56.7 Å². The number of aromatic hydroxyl groups is 1. The molecule has 0 fully saturated rings. The summed E-state index contributed by atoms with van der Waals surface area (Å²) < 4.78 is 6.49. The smallest absolute Gasteiger partial charge is 0.371 e. The van der Waals surface area contributed by atoms with Crippen molar-refractivity contribution in [1.29, 1.82) is 0 Å². The van der Waals surface area contributed by atoms with Crippen molar-refractivity contribution in [2.75, 3.05) is 6.61 Å². The average Bonchev–Trinajstić information content (AvgIpc) is 2.35. The van der Waals surface area contributed by atoms with Gasteiger partial charge in [0.25, 0.3) is 0 Å². The molecule has 6 heteroatoms. The highest BCUT2D eigenvalue weighted by atomic mass is 127. The second kappa shape index (κ2) is 5.47. The van der Waals surface area contributed by atoms with E-state index in [4.69, 9.17) is 9.84 Å². The zero-order chi connectivity index (χ0) is 13.3. The molecule has 0 saturated heterocycles. The van der Waals surface area contributed by atoms with Crippen LogP contribution in [-0.4, -0.2) is 22.8 Å². The maximum Gasteiger partial charge on any atom is 0.371 e. The molecule has 0 bridgehead atoms. The van der Waals surface area contributed by atoms with E-state index in [0.29, 0.717) is 12.7 Å². The lowest BCUT2D eigenvalue weighted by molar-refractivity contribution is -0.136. The van der Waals surface area contributed by atoms with E-state index in [2.05, 4.69) is 0 Å². The van der Waals surface area contributed by atoms with Gasteiger partial charge in [0.2, 0.25) is 5.76 Å². The molecule has 0 aliphatic carbocycles. The molecule has 18 heavy (non-hydrogen) atoms. The van der Waals surface area contributed by atoms with Crippen LogP contribution < -0.4 is 0 Å². The summed E-state index contributed by atoms with van der Waals surface area (Å²) in [7, 11) is 0. The van der Waals surface area contributed by atoms with Crippen LogP contribution in [0, 0.1) is 7.14 Å². The zero-order valence-electron chi connectivity index (χ0n) is 8.98. The molecular weight excluding hydrogens is 462 g/mol. The van der Waals surface area contributed by atoms with Crippen molar-refractivity contribution in [2.45, 2.75) is 0 Å². The van der Waals surface area contributed by atoms with Gasteiger partial charge in [-0.2, -0.15) is 0 Å². The second-order valence-electron chi connectivity index (χ2n) is 3.55. The first-order valence-electron chi connectivity index (χ1n) is 4.96. The Morgan fingerprint density at radius 2 is 1.89 bits per heavy atom. The Kier molecular flexibility index (Phi) is 4.15. The number of carbonyl (C=O) groups is 1. The van der Waals surface area contributed by atoms with Crippen molar-refractivity contribution in [3.63, 3.8) is 0 Å². The predicted octanol–water partition coefficient (Wildman–Crippen LogP) is 2.98. The Hall–Kier alpha value is -0.770. The van der Waals surface area contributed by atoms with E-state index in [0.717, 1.165) is 5.56 Å². The maximum atomic E-state index is 11.1. The summed E-state index contributed by atoms with van der Waals surface area (Å²) in [6, 6.07) is 3.46. The summed E-state index contributed by atoms with van der Waals surface area (Å²) in [4.78, 5) is 11.1. The lowest BCUT2D eigenvalue weighted by Crippen LogP contribution is -2.11. The van der Waals surface area contributed by atoms with Crippen molar-refractivity contribution in [1.82, 2.24) is 0 Å². The summed E-state index contributed by atoms with van der Waals surface area (Å²) in [6.07, 6.45) is 3.49. The van der Waals surface area contributed by atoms with E-state index in [1.54, 1.807) is 24.3 Å². The summed E-state index contributed by atoms with van der Waals surface area (Å²) in [5, 5.41) is 18.8. The van der Waals surface area contributed by atoms with E-state index in [9.17, 15) is 9.90 Å². The van der Waals surface area contributed by atoms with Gasteiger partial charge in [0.05, 0.1) is 7.14 Å². The number of phenols is 1. The highest BCUT2D eigenvalue weighted by Gasteiger charge is 2.19. The van der Waals surface area contributed by atoms with Crippen LogP contribution in [-0.2, 0) is 9.53 Å². The minimum Gasteiger partial charge on any atom is -0.506 e. The number of halogens is 2. The monoisotopic (exact) mass is 470 g/mol. The van der Waals surface area contributed by atoms with Gasteiger partial charge < -0.3 is 14.9 Å². The van der Waals surface area contributed by atoms with Gasteiger partial charge in [0.1, 0.15) is 12.4 Å². The fourth-order valence-corrected chi connectivity index (χ4v) is 3.34. The fraction of sp³-hybridized carbons (Fsp3) is 0.0833. The van der Waals surface area contributed by atoms with E-state index in [-0.39, 0.29) is 18.1 Å². The minimum atomic E-state index is -1.09. The molecule has 0 unspecified atom stereocenters. The van der Waals surface area contributed by atoms with Crippen molar-refractivity contribution < 1.29 is 19.7 Å². The molecule has 0 saturated carbocycles. The van der Waals surface area contributed by atoms with Crippen LogP contribution in [0.25, 0.3) is 5.57 Å². The van der Waals surface area contributed by atoms with E-state index in [1.807, 2.05) is 45.2 Å². The number of aliphatic carboxylic acids is 1. The topological polar surface area (TPSA) is 66.8 Å². The van der Waals surface area contributed by atoms with Crippen LogP contribution in [0.4, 0.5) is 0 Å². The van der Waals surface area contributed by atoms with Gasteiger partial charge in [-0.05, 0) is 69.0 Å². The van der Waals surface area contributed by atoms with Crippen molar-refractivity contribution in [3.05, 3.63) is 42.7 Å². The van der Waals surface area contributed by atoms with E-state index in [1.165, 1.54) is 0 Å². The van der Waals surface area contributed by atoms with Gasteiger partial charge in [0, 0.05) is 5.57 Å². The van der Waals surface area contributed by atoms with Crippen molar-refractivity contribution in [3.8, 4) is 5.75 Å². The summed E-state index contributed by atoms with van der Waals surface area (Å²) in [5.74, 6) is -0.944. The zero-order valence-corrected chi connectivity index (χ0v) is 13.3. The van der Waals surface area contributed by atoms with Gasteiger partial charge in [-0.25, -0.2) is 4.79 Å². The Labute approximate surface area is 131 Å². The quantitative estimate of drug-likeness (QED) is 0.653. The molecule has 2 N–H and O–H groups in total. The van der Waals surface area contributed by atoms with Crippen LogP contribution >= 0.6 is 45.2 Å². The standard InChI is InChI=1S/C12H8I2O4/c13-8-4-6(5-9(14)10(8)15)7-2-1-3-18-11(7)12(16)17/h1-2,4-5,15H,3H2,(H,16,17). The van der Waals surface area contributed by atoms with E-state index < -0.39 is 5.97 Å². The molecule has 1 aromatic rings. The van der Waals surface area contributed by atoms with Gasteiger partial charge in [0.15, 0.2) is 0 Å². The number of hydrogen-bond acceptors (Lipinski definition) is 3. The summed E-state index contributed by atoms with van der Waals surface area (Å²) >= 11 is 4.01. The summed E-state index contributed by atoms with van der Waals surface area (Å²) in [5.41, 5.74) is 1.24. The molecule has 94 valence electrons. The molecule has 1 heterocycles. The first-order valence-corrected chi connectivity index (χ1v) is 7.11. The van der Waals surface area contributed by atoms with Gasteiger partial charge in [-0.3, -0.25) is 0 Å². The van der Waals surface area contributed by atoms with Gasteiger partial charge in [-0.15, -0.1) is 0 Å². The SMILES string of the molecule is O=C(O)C1=C(c2cc(I)c(O)c(I)c2)C=CCO1. The highest BCUT2D eigenvalue weighted by molar-refractivity contribution is 14.1. The van der Waals surface area contributed by atoms with Gasteiger partial charge in [-0.1, -0.05) is 6.08 Å². The number of carboxylic acid groups (broad SMARTS) is 1. The Morgan fingerprint density at radius 3 is 2.44 bits per heavy atom. The number of carboxylic acids is 1. The Morgan fingerprint density at radius 1 is 1.28 bits per heavy atom. The number of phenolic OH excluding ortho intramolecular Hbond substituents is 1. The molecule has 4 nitrogen and oxygen atoms in total. The Bertz CT molecular complexity index is 552. The minimum absolute atomic E-state index is 0.0604. The van der Waals surface area contributed by atoms with Gasteiger partial charge >= 0.3 is 5.97 Å². The van der Waals surface area contributed by atoms with Crippen LogP contribution in [0.1, 0.15) is 5.56 Å². The summed E-state index contributed by atoms with van der Waals surface area (Å²) in [6.45, 7) is 0.261. The van der Waals surface area contributed by atoms with E-state index >= 15 is 0 Å². The molecule has 0 aromatic heterocycles. The molecule has 0 radical (unpaired) electrons. The average molecular weight is 470 g/mol. The fourth-order valence-electron chi connectivity index (χ4n) is 1.58. The number of allylic oxidation sites excluding steroid dienone is 2. The molecule has 1 aliphatic rings. The normalized spacial score (nSPS) is 14.6. The molecule has 0 atom stereocenters. The largest absolute Gasteiger partial charge is 0.506 e. The number of ether oxygens (including phenoxy) is 1. The lowest BCUT2D eigenvalue weighted by atomic mass is 10.0. The highest BCUT2D eigenvalue weighted by Crippen LogP contribution is 2.32. The maximum absolute atomic E-state index is 11.1.